The monoisotopic (exact) mass is 262 g/mol. The summed E-state index contributed by atoms with van der Waals surface area (Å²) in [6.45, 7) is 2.59. The standard InChI is InChI=1S/C11H18O7/c1-3-7-17-11(16,10(14)15)18-9(5-6-12)8(13)4-2/h3,5,7,10,12,14-16H,4,6H2,1-2H3/b7-3-,9-5+. The van der Waals surface area contributed by atoms with Crippen molar-refractivity contribution < 1.29 is 34.7 Å². The lowest BCUT2D eigenvalue weighted by Gasteiger charge is -2.29. The van der Waals surface area contributed by atoms with Crippen molar-refractivity contribution >= 4 is 5.78 Å². The molecule has 4 N–H and O–H groups in total. The van der Waals surface area contributed by atoms with Crippen LogP contribution in [0.25, 0.3) is 0 Å². The molecule has 18 heavy (non-hydrogen) atoms. The topological polar surface area (TPSA) is 116 Å². The summed E-state index contributed by atoms with van der Waals surface area (Å²) in [5, 5.41) is 36.4. The Kier molecular flexibility index (Phi) is 7.21. The van der Waals surface area contributed by atoms with Crippen molar-refractivity contribution in [1.82, 2.24) is 0 Å². The van der Waals surface area contributed by atoms with Gasteiger partial charge in [0.05, 0.1) is 12.9 Å². The van der Waals surface area contributed by atoms with E-state index in [1.165, 1.54) is 13.0 Å². The Balaban J connectivity index is 5.04. The SMILES string of the molecule is C/C=C\OC(O)(O/C(=C/CO)C(=O)CC)C(O)O. The Hall–Kier alpha value is -1.41. The van der Waals surface area contributed by atoms with Crippen LogP contribution in [-0.4, -0.2) is 45.1 Å². The Morgan fingerprint density at radius 2 is 2.06 bits per heavy atom. The van der Waals surface area contributed by atoms with Crippen molar-refractivity contribution in [3.05, 3.63) is 24.2 Å². The molecule has 0 aliphatic heterocycles. The highest BCUT2D eigenvalue weighted by Gasteiger charge is 2.41. The second kappa shape index (κ2) is 7.83. The van der Waals surface area contributed by atoms with Crippen LogP contribution in [-0.2, 0) is 14.3 Å². The summed E-state index contributed by atoms with van der Waals surface area (Å²) < 4.78 is 9.32. The van der Waals surface area contributed by atoms with Crippen LogP contribution in [0.2, 0.25) is 0 Å². The smallest absolute Gasteiger partial charge is 0.423 e. The third-order valence-electron chi connectivity index (χ3n) is 1.83. The van der Waals surface area contributed by atoms with Crippen molar-refractivity contribution in [2.45, 2.75) is 32.5 Å². The lowest BCUT2D eigenvalue weighted by molar-refractivity contribution is -0.401. The second-order valence-electron chi connectivity index (χ2n) is 3.22. The van der Waals surface area contributed by atoms with Crippen molar-refractivity contribution in [3.8, 4) is 0 Å². The highest BCUT2D eigenvalue weighted by Crippen LogP contribution is 2.19. The van der Waals surface area contributed by atoms with Gasteiger partial charge in [-0.3, -0.25) is 4.79 Å². The number of hydrogen-bond donors (Lipinski definition) is 4. The number of ketones is 1. The zero-order chi connectivity index (χ0) is 14.2. The number of aliphatic hydroxyl groups excluding tert-OH is 2. The fraction of sp³-hybridized carbons (Fsp3) is 0.545. The quantitative estimate of drug-likeness (QED) is 0.261. The lowest BCUT2D eigenvalue weighted by Crippen LogP contribution is -2.46. The van der Waals surface area contributed by atoms with Crippen molar-refractivity contribution in [1.29, 1.82) is 0 Å². The molecule has 0 saturated carbocycles. The van der Waals surface area contributed by atoms with Gasteiger partial charge in [0.1, 0.15) is 0 Å². The van der Waals surface area contributed by atoms with Gasteiger partial charge < -0.3 is 29.9 Å². The maximum atomic E-state index is 11.4. The number of aliphatic hydroxyl groups is 4. The van der Waals surface area contributed by atoms with Crippen LogP contribution in [0.15, 0.2) is 24.2 Å². The molecular weight excluding hydrogens is 244 g/mol. The second-order valence-corrected chi connectivity index (χ2v) is 3.22. The number of ether oxygens (including phenoxy) is 2. The van der Waals surface area contributed by atoms with E-state index in [9.17, 15) is 9.90 Å². The van der Waals surface area contributed by atoms with Crippen LogP contribution < -0.4 is 0 Å². The molecule has 7 heteroatoms. The third-order valence-corrected chi connectivity index (χ3v) is 1.83. The largest absolute Gasteiger partial charge is 0.435 e. The summed E-state index contributed by atoms with van der Waals surface area (Å²) in [5.74, 6) is -3.77. The molecule has 0 aromatic heterocycles. The maximum Gasteiger partial charge on any atom is 0.423 e. The molecule has 0 saturated heterocycles. The average molecular weight is 262 g/mol. The predicted molar refractivity (Wildman–Crippen MR) is 60.6 cm³/mol. The van der Waals surface area contributed by atoms with Crippen molar-refractivity contribution in [3.63, 3.8) is 0 Å². The number of hydrogen-bond acceptors (Lipinski definition) is 7. The summed E-state index contributed by atoms with van der Waals surface area (Å²) in [6, 6.07) is 0. The van der Waals surface area contributed by atoms with E-state index in [0.29, 0.717) is 0 Å². The van der Waals surface area contributed by atoms with Crippen LogP contribution in [0.3, 0.4) is 0 Å². The van der Waals surface area contributed by atoms with Crippen LogP contribution >= 0.6 is 0 Å². The molecule has 0 aromatic carbocycles. The minimum absolute atomic E-state index is 0.0487. The van der Waals surface area contributed by atoms with E-state index in [0.717, 1.165) is 12.3 Å². The Labute approximate surface area is 105 Å². The lowest BCUT2D eigenvalue weighted by atomic mass is 10.2. The number of carbonyl (C=O) groups is 1. The predicted octanol–water partition coefficient (Wildman–Crippen LogP) is -0.635. The van der Waals surface area contributed by atoms with E-state index in [4.69, 9.17) is 20.1 Å². The van der Waals surface area contributed by atoms with Gasteiger partial charge in [0.15, 0.2) is 11.5 Å². The van der Waals surface area contributed by atoms with E-state index >= 15 is 0 Å². The fourth-order valence-corrected chi connectivity index (χ4v) is 0.930. The van der Waals surface area contributed by atoms with Gasteiger partial charge in [-0.25, -0.2) is 0 Å². The number of allylic oxidation sites excluding steroid dienone is 2. The molecule has 0 heterocycles. The van der Waals surface area contributed by atoms with Gasteiger partial charge in [-0.1, -0.05) is 13.0 Å². The van der Waals surface area contributed by atoms with Crippen LogP contribution in [0.4, 0.5) is 0 Å². The van der Waals surface area contributed by atoms with Crippen LogP contribution in [0, 0.1) is 0 Å². The molecule has 1 unspecified atom stereocenters. The molecule has 0 aromatic rings. The van der Waals surface area contributed by atoms with E-state index in [1.54, 1.807) is 6.92 Å². The maximum absolute atomic E-state index is 11.4. The normalized spacial score (nSPS) is 15.8. The van der Waals surface area contributed by atoms with Gasteiger partial charge in [-0.05, 0) is 13.0 Å². The van der Waals surface area contributed by atoms with Gasteiger partial charge in [-0.2, -0.15) is 0 Å². The molecule has 0 bridgehead atoms. The van der Waals surface area contributed by atoms with Crippen molar-refractivity contribution in [2.24, 2.45) is 0 Å². The van der Waals surface area contributed by atoms with Gasteiger partial charge in [0, 0.05) is 6.42 Å². The van der Waals surface area contributed by atoms with Crippen LogP contribution in [0.1, 0.15) is 20.3 Å². The zero-order valence-electron chi connectivity index (χ0n) is 10.2. The average Bonchev–Trinajstić information content (AvgIpc) is 2.34. The molecule has 0 spiro atoms. The fourth-order valence-electron chi connectivity index (χ4n) is 0.930. The van der Waals surface area contributed by atoms with Crippen LogP contribution in [0.5, 0.6) is 0 Å². The van der Waals surface area contributed by atoms with Gasteiger partial charge in [-0.15, -0.1) is 0 Å². The molecule has 0 radical (unpaired) electrons. The summed E-state index contributed by atoms with van der Waals surface area (Å²) in [5.41, 5.74) is 0. The molecule has 1 atom stereocenters. The molecule has 104 valence electrons. The summed E-state index contributed by atoms with van der Waals surface area (Å²) in [6.07, 6.45) is 0.964. The highest BCUT2D eigenvalue weighted by atomic mass is 16.8. The Morgan fingerprint density at radius 3 is 2.44 bits per heavy atom. The summed E-state index contributed by atoms with van der Waals surface area (Å²) >= 11 is 0. The number of rotatable bonds is 8. The first-order valence-corrected chi connectivity index (χ1v) is 5.32. The van der Waals surface area contributed by atoms with Crippen molar-refractivity contribution in [2.75, 3.05) is 6.61 Å². The number of Topliss-reactive ketones (excluding diaryl/α,β-unsaturated/α-hetero) is 1. The first-order chi connectivity index (χ1) is 8.41. The number of carbonyl (C=O) groups excluding carboxylic acids is 1. The molecule has 0 amide bonds. The van der Waals surface area contributed by atoms with Gasteiger partial charge >= 0.3 is 5.97 Å². The molecule has 7 nitrogen and oxygen atoms in total. The van der Waals surface area contributed by atoms with E-state index in [1.807, 2.05) is 0 Å². The summed E-state index contributed by atoms with van der Waals surface area (Å²) in [7, 11) is 0. The van der Waals surface area contributed by atoms with E-state index in [-0.39, 0.29) is 6.42 Å². The first-order valence-electron chi connectivity index (χ1n) is 5.32. The minimum atomic E-state index is -2.82. The van der Waals surface area contributed by atoms with Gasteiger partial charge in [0.25, 0.3) is 6.29 Å². The highest BCUT2D eigenvalue weighted by molar-refractivity contribution is 5.93. The zero-order valence-corrected chi connectivity index (χ0v) is 10.2. The van der Waals surface area contributed by atoms with E-state index in [2.05, 4.69) is 4.74 Å². The van der Waals surface area contributed by atoms with Gasteiger partial charge in [0.2, 0.25) is 0 Å². The first kappa shape index (κ1) is 16.6. The third kappa shape index (κ3) is 4.84. The Morgan fingerprint density at radius 1 is 1.44 bits per heavy atom. The Bertz CT molecular complexity index is 321. The van der Waals surface area contributed by atoms with E-state index < -0.39 is 30.4 Å². The minimum Gasteiger partial charge on any atom is -0.435 e. The molecule has 0 aliphatic carbocycles. The molecule has 0 rings (SSSR count). The molecule has 0 fully saturated rings. The molecular formula is C11H18O7. The molecule has 0 aliphatic rings. The summed E-state index contributed by atoms with van der Waals surface area (Å²) in [4.78, 5) is 11.4.